The number of benzene rings is 1. The van der Waals surface area contributed by atoms with Crippen LogP contribution in [-0.2, 0) is 10.3 Å². The summed E-state index contributed by atoms with van der Waals surface area (Å²) in [4.78, 5) is 31.9. The molecule has 2 heterocycles. The number of nitrogens with two attached hydrogens (primary N) is 1. The Hall–Kier alpha value is -2.24. The predicted octanol–water partition coefficient (Wildman–Crippen LogP) is 3.30. The highest BCUT2D eigenvalue weighted by Crippen LogP contribution is 2.57. The van der Waals surface area contributed by atoms with Crippen LogP contribution in [0.5, 0.6) is 0 Å². The fraction of sp³-hybridized carbons (Fsp3) is 0.667. The zero-order chi connectivity index (χ0) is 21.3. The largest absolute Gasteiger partial charge is 0.369 e. The quantitative estimate of drug-likeness (QED) is 0.810. The molecule has 0 atom stereocenters. The van der Waals surface area contributed by atoms with Gasteiger partial charge in [-0.1, -0.05) is 18.2 Å². The first kappa shape index (κ1) is 19.7. The van der Waals surface area contributed by atoms with Crippen LogP contribution in [0.25, 0.3) is 0 Å². The first-order valence-corrected chi connectivity index (χ1v) is 11.4. The van der Waals surface area contributed by atoms with Gasteiger partial charge in [-0.3, -0.25) is 4.79 Å². The summed E-state index contributed by atoms with van der Waals surface area (Å²) in [5.74, 6) is 0.304. The maximum Gasteiger partial charge on any atom is 0.320 e. The Bertz CT molecular complexity index is 883. The molecule has 3 fully saturated rings. The second-order valence-electron chi connectivity index (χ2n) is 10.8. The van der Waals surface area contributed by atoms with Crippen LogP contribution in [0.4, 0.5) is 10.5 Å². The van der Waals surface area contributed by atoms with Crippen LogP contribution in [0, 0.1) is 11.3 Å². The van der Waals surface area contributed by atoms with E-state index in [9.17, 15) is 9.59 Å². The van der Waals surface area contributed by atoms with Crippen molar-refractivity contribution >= 4 is 17.6 Å². The molecule has 5 rings (SSSR count). The molecule has 0 aromatic heterocycles. The van der Waals surface area contributed by atoms with E-state index in [1.54, 1.807) is 0 Å². The molecule has 2 N–H and O–H groups in total. The third-order valence-electron chi connectivity index (χ3n) is 8.37. The van der Waals surface area contributed by atoms with Crippen molar-refractivity contribution in [2.24, 2.45) is 17.1 Å². The van der Waals surface area contributed by atoms with Crippen LogP contribution in [0.2, 0.25) is 0 Å². The van der Waals surface area contributed by atoms with E-state index in [1.807, 2.05) is 18.7 Å². The molecule has 1 saturated heterocycles. The van der Waals surface area contributed by atoms with E-state index in [-0.39, 0.29) is 23.0 Å². The minimum absolute atomic E-state index is 0.106. The fourth-order valence-corrected chi connectivity index (χ4v) is 6.07. The van der Waals surface area contributed by atoms with Crippen molar-refractivity contribution in [1.82, 2.24) is 9.80 Å². The van der Waals surface area contributed by atoms with Crippen molar-refractivity contribution in [3.8, 4) is 0 Å². The van der Waals surface area contributed by atoms with E-state index in [4.69, 9.17) is 5.73 Å². The average Bonchev–Trinajstić information content (AvgIpc) is 3.51. The number of amides is 3. The summed E-state index contributed by atoms with van der Waals surface area (Å²) in [5, 5.41) is 0. The van der Waals surface area contributed by atoms with Gasteiger partial charge < -0.3 is 20.4 Å². The molecule has 6 heteroatoms. The monoisotopic (exact) mass is 410 g/mol. The molecule has 1 aromatic carbocycles. The van der Waals surface area contributed by atoms with Crippen LogP contribution in [0.3, 0.4) is 0 Å². The van der Waals surface area contributed by atoms with Gasteiger partial charge in [0, 0.05) is 37.9 Å². The minimum Gasteiger partial charge on any atom is -0.369 e. The SMILES string of the molecule is CN1c2ccccc2C12CCC1(CC2)CN(CC(C)(C)C(N)=O)C(=O)N1CC1CC1. The molecule has 0 unspecified atom stereocenters. The number of urea groups is 1. The van der Waals surface area contributed by atoms with Crippen molar-refractivity contribution in [3.05, 3.63) is 29.8 Å². The van der Waals surface area contributed by atoms with Crippen LogP contribution in [0.1, 0.15) is 57.9 Å². The summed E-state index contributed by atoms with van der Waals surface area (Å²) in [6.45, 7) is 5.67. The van der Waals surface area contributed by atoms with Gasteiger partial charge in [0.15, 0.2) is 0 Å². The van der Waals surface area contributed by atoms with E-state index >= 15 is 0 Å². The summed E-state index contributed by atoms with van der Waals surface area (Å²) in [7, 11) is 2.21. The number of rotatable bonds is 5. The summed E-state index contributed by atoms with van der Waals surface area (Å²) in [6.07, 6.45) is 6.62. The second-order valence-corrected chi connectivity index (χ2v) is 10.8. The summed E-state index contributed by atoms with van der Waals surface area (Å²) >= 11 is 0. The van der Waals surface area contributed by atoms with Gasteiger partial charge in [0.25, 0.3) is 0 Å². The maximum atomic E-state index is 13.4. The van der Waals surface area contributed by atoms with E-state index in [0.29, 0.717) is 12.5 Å². The number of anilines is 1. The lowest BCUT2D eigenvalue weighted by atomic mass is 9.64. The van der Waals surface area contributed by atoms with Crippen molar-refractivity contribution in [1.29, 1.82) is 0 Å². The van der Waals surface area contributed by atoms with Gasteiger partial charge in [-0.05, 0) is 64.4 Å². The van der Waals surface area contributed by atoms with Crippen molar-refractivity contribution in [2.45, 2.75) is 63.5 Å². The Morgan fingerprint density at radius 3 is 2.47 bits per heavy atom. The van der Waals surface area contributed by atoms with Crippen molar-refractivity contribution in [2.75, 3.05) is 31.6 Å². The first-order chi connectivity index (χ1) is 14.2. The molecular weight excluding hydrogens is 376 g/mol. The summed E-state index contributed by atoms with van der Waals surface area (Å²) in [5.41, 5.74) is 7.72. The third kappa shape index (κ3) is 2.75. The molecule has 3 amide bonds. The van der Waals surface area contributed by atoms with Gasteiger partial charge in [0.05, 0.1) is 16.5 Å². The van der Waals surface area contributed by atoms with Gasteiger partial charge >= 0.3 is 6.03 Å². The number of nitrogens with zero attached hydrogens (tertiary/aromatic N) is 3. The smallest absolute Gasteiger partial charge is 0.320 e. The van der Waals surface area contributed by atoms with Crippen LogP contribution < -0.4 is 10.6 Å². The first-order valence-electron chi connectivity index (χ1n) is 11.4. The van der Waals surface area contributed by atoms with Gasteiger partial charge in [-0.2, -0.15) is 0 Å². The lowest BCUT2D eigenvalue weighted by Gasteiger charge is -2.59. The van der Waals surface area contributed by atoms with Gasteiger partial charge in [-0.15, -0.1) is 0 Å². The topological polar surface area (TPSA) is 69.9 Å². The molecule has 2 saturated carbocycles. The van der Waals surface area contributed by atoms with E-state index in [2.05, 4.69) is 41.1 Å². The molecular formula is C24H34N4O2. The Balaban J connectivity index is 1.39. The van der Waals surface area contributed by atoms with Gasteiger partial charge in [0.2, 0.25) is 5.91 Å². The number of carbonyl (C=O) groups is 2. The Labute approximate surface area is 179 Å². The zero-order valence-electron chi connectivity index (χ0n) is 18.5. The number of para-hydroxylation sites is 1. The molecule has 0 radical (unpaired) electrons. The molecule has 1 aromatic rings. The number of carbonyl (C=O) groups excluding carboxylic acids is 2. The normalized spacial score (nSPS) is 30.8. The van der Waals surface area contributed by atoms with Crippen molar-refractivity contribution < 1.29 is 9.59 Å². The number of hydrogen-bond donors (Lipinski definition) is 1. The fourth-order valence-electron chi connectivity index (χ4n) is 6.07. The van der Waals surface area contributed by atoms with Crippen LogP contribution >= 0.6 is 0 Å². The van der Waals surface area contributed by atoms with E-state index in [0.717, 1.165) is 38.8 Å². The lowest BCUT2D eigenvalue weighted by molar-refractivity contribution is -0.126. The molecule has 6 nitrogen and oxygen atoms in total. The number of fused-ring (bicyclic) bond motifs is 2. The molecule has 30 heavy (non-hydrogen) atoms. The molecule has 4 aliphatic rings. The molecule has 0 bridgehead atoms. The number of primary amides is 1. The minimum atomic E-state index is -0.713. The second kappa shape index (κ2) is 6.38. The number of hydrogen-bond acceptors (Lipinski definition) is 3. The van der Waals surface area contributed by atoms with Gasteiger partial charge in [-0.25, -0.2) is 4.79 Å². The molecule has 2 spiro atoms. The Morgan fingerprint density at radius 2 is 1.83 bits per heavy atom. The summed E-state index contributed by atoms with van der Waals surface area (Å²) in [6, 6.07) is 8.84. The Kier molecular flexibility index (Phi) is 4.19. The van der Waals surface area contributed by atoms with Crippen LogP contribution in [-0.4, -0.2) is 54.0 Å². The summed E-state index contributed by atoms with van der Waals surface area (Å²) < 4.78 is 0. The standard InChI is InChI=1S/C24H34N4O2/c1-22(2,20(25)29)15-27-16-23(28(21(27)30)14-17-8-9-17)10-12-24(13-11-23)18-6-4-5-7-19(18)26(24)3/h4-7,17H,8-16H2,1-3H3,(H2,25,29). The highest BCUT2D eigenvalue weighted by Gasteiger charge is 2.58. The molecule has 2 aliphatic carbocycles. The highest BCUT2D eigenvalue weighted by atomic mass is 16.2. The molecule has 2 aliphatic heterocycles. The lowest BCUT2D eigenvalue weighted by Crippen LogP contribution is -2.60. The predicted molar refractivity (Wildman–Crippen MR) is 117 cm³/mol. The highest BCUT2D eigenvalue weighted by molar-refractivity contribution is 5.83. The zero-order valence-corrected chi connectivity index (χ0v) is 18.5. The van der Waals surface area contributed by atoms with Gasteiger partial charge in [0.1, 0.15) is 0 Å². The van der Waals surface area contributed by atoms with E-state index < -0.39 is 5.41 Å². The third-order valence-corrected chi connectivity index (χ3v) is 8.37. The van der Waals surface area contributed by atoms with Crippen LogP contribution in [0.15, 0.2) is 24.3 Å². The molecule has 162 valence electrons. The maximum absolute atomic E-state index is 13.4. The average molecular weight is 411 g/mol. The van der Waals surface area contributed by atoms with E-state index in [1.165, 1.54) is 24.1 Å². The Morgan fingerprint density at radius 1 is 1.17 bits per heavy atom. The van der Waals surface area contributed by atoms with Crippen molar-refractivity contribution in [3.63, 3.8) is 0 Å².